The zero-order chi connectivity index (χ0) is 12.1. The highest BCUT2D eigenvalue weighted by molar-refractivity contribution is 5.16. The second-order valence-electron chi connectivity index (χ2n) is 4.95. The third-order valence-electron chi connectivity index (χ3n) is 3.47. The van der Waals surface area contributed by atoms with Gasteiger partial charge in [0.05, 0.1) is 0 Å². The van der Waals surface area contributed by atoms with Crippen molar-refractivity contribution in [3.8, 4) is 0 Å². The lowest BCUT2D eigenvalue weighted by Crippen LogP contribution is -2.40. The lowest BCUT2D eigenvalue weighted by Gasteiger charge is -2.27. The Hall–Kier alpha value is -0.930. The van der Waals surface area contributed by atoms with Crippen LogP contribution in [0.3, 0.4) is 0 Å². The summed E-state index contributed by atoms with van der Waals surface area (Å²) in [4.78, 5) is 0. The minimum absolute atomic E-state index is 0.167. The quantitative estimate of drug-likeness (QED) is 0.841. The van der Waals surface area contributed by atoms with E-state index in [0.717, 1.165) is 25.8 Å². The predicted octanol–water partition coefficient (Wildman–Crippen LogP) is 2.23. The summed E-state index contributed by atoms with van der Waals surface area (Å²) in [6.45, 7) is 0.947. The number of rotatable bonds is 4. The Morgan fingerprint density at radius 2 is 2.00 bits per heavy atom. The average molecular weight is 236 g/mol. The van der Waals surface area contributed by atoms with Crippen molar-refractivity contribution in [3.63, 3.8) is 0 Å². The molecule has 2 rings (SSSR count). The van der Waals surface area contributed by atoms with E-state index >= 15 is 0 Å². The van der Waals surface area contributed by atoms with Crippen LogP contribution in [-0.2, 0) is 6.42 Å². The standard InChI is InChI=1S/C14H21FN2/c15-12-6-4-11(5-7-12)8-9-17-14-3-1-2-13(16)10-14/h4-7,13-14,17H,1-3,8-10,16H2. The van der Waals surface area contributed by atoms with Crippen LogP contribution in [0.1, 0.15) is 31.2 Å². The normalized spacial score (nSPS) is 24.8. The first kappa shape index (κ1) is 12.5. The first-order valence-corrected chi connectivity index (χ1v) is 6.47. The van der Waals surface area contributed by atoms with Crippen molar-refractivity contribution in [2.24, 2.45) is 5.73 Å². The van der Waals surface area contributed by atoms with Gasteiger partial charge in [0.1, 0.15) is 5.82 Å². The lowest BCUT2D eigenvalue weighted by atomic mass is 9.91. The number of benzene rings is 1. The molecule has 1 aromatic carbocycles. The molecular weight excluding hydrogens is 215 g/mol. The summed E-state index contributed by atoms with van der Waals surface area (Å²) in [5.41, 5.74) is 7.12. The third kappa shape index (κ3) is 4.10. The topological polar surface area (TPSA) is 38.0 Å². The van der Waals surface area contributed by atoms with Crippen LogP contribution in [-0.4, -0.2) is 18.6 Å². The third-order valence-corrected chi connectivity index (χ3v) is 3.47. The minimum Gasteiger partial charge on any atom is -0.328 e. The van der Waals surface area contributed by atoms with Crippen LogP contribution in [0.4, 0.5) is 4.39 Å². The number of nitrogens with two attached hydrogens (primary N) is 1. The molecule has 0 aromatic heterocycles. The Balaban J connectivity index is 1.70. The zero-order valence-electron chi connectivity index (χ0n) is 10.2. The summed E-state index contributed by atoms with van der Waals surface area (Å²) in [6, 6.07) is 7.68. The van der Waals surface area contributed by atoms with E-state index in [2.05, 4.69) is 5.32 Å². The van der Waals surface area contributed by atoms with Crippen molar-refractivity contribution >= 4 is 0 Å². The lowest BCUT2D eigenvalue weighted by molar-refractivity contribution is 0.341. The highest BCUT2D eigenvalue weighted by atomic mass is 19.1. The van der Waals surface area contributed by atoms with E-state index < -0.39 is 0 Å². The van der Waals surface area contributed by atoms with Crippen LogP contribution in [0.25, 0.3) is 0 Å². The molecule has 2 nitrogen and oxygen atoms in total. The molecule has 1 saturated carbocycles. The van der Waals surface area contributed by atoms with Gasteiger partial charge in [-0.25, -0.2) is 4.39 Å². The van der Waals surface area contributed by atoms with E-state index in [0.29, 0.717) is 12.1 Å². The van der Waals surface area contributed by atoms with E-state index in [9.17, 15) is 4.39 Å². The van der Waals surface area contributed by atoms with Gasteiger partial charge in [0.25, 0.3) is 0 Å². The van der Waals surface area contributed by atoms with E-state index in [-0.39, 0.29) is 5.82 Å². The smallest absolute Gasteiger partial charge is 0.123 e. The Labute approximate surface area is 102 Å². The van der Waals surface area contributed by atoms with Crippen LogP contribution >= 0.6 is 0 Å². The number of hydrogen-bond donors (Lipinski definition) is 2. The van der Waals surface area contributed by atoms with Gasteiger partial charge in [0.15, 0.2) is 0 Å². The van der Waals surface area contributed by atoms with E-state index in [1.54, 1.807) is 0 Å². The van der Waals surface area contributed by atoms with Gasteiger partial charge in [-0.3, -0.25) is 0 Å². The summed E-state index contributed by atoms with van der Waals surface area (Å²) in [5.74, 6) is -0.167. The Bertz CT molecular complexity index is 337. The van der Waals surface area contributed by atoms with Crippen LogP contribution in [0.5, 0.6) is 0 Å². The molecule has 3 N–H and O–H groups in total. The van der Waals surface area contributed by atoms with Gasteiger partial charge in [0.2, 0.25) is 0 Å². The number of nitrogens with one attached hydrogen (secondary N) is 1. The van der Waals surface area contributed by atoms with Gasteiger partial charge in [-0.05, 0) is 49.9 Å². The van der Waals surface area contributed by atoms with Crippen molar-refractivity contribution in [1.29, 1.82) is 0 Å². The van der Waals surface area contributed by atoms with Crippen molar-refractivity contribution in [3.05, 3.63) is 35.6 Å². The summed E-state index contributed by atoms with van der Waals surface area (Å²) in [5, 5.41) is 3.54. The SMILES string of the molecule is NC1CCCC(NCCc2ccc(F)cc2)C1. The van der Waals surface area contributed by atoms with Gasteiger partial charge < -0.3 is 11.1 Å². The molecule has 94 valence electrons. The molecule has 1 fully saturated rings. The molecular formula is C14H21FN2. The fraction of sp³-hybridized carbons (Fsp3) is 0.571. The number of halogens is 1. The molecule has 2 unspecified atom stereocenters. The second-order valence-corrected chi connectivity index (χ2v) is 4.95. The molecule has 0 spiro atoms. The Morgan fingerprint density at radius 3 is 2.71 bits per heavy atom. The van der Waals surface area contributed by atoms with E-state index in [1.165, 1.54) is 30.5 Å². The summed E-state index contributed by atoms with van der Waals surface area (Å²) < 4.78 is 12.7. The highest BCUT2D eigenvalue weighted by Gasteiger charge is 2.17. The van der Waals surface area contributed by atoms with Crippen molar-refractivity contribution in [1.82, 2.24) is 5.32 Å². The zero-order valence-corrected chi connectivity index (χ0v) is 10.2. The summed E-state index contributed by atoms with van der Waals surface area (Å²) in [6.07, 6.45) is 5.66. The van der Waals surface area contributed by atoms with Crippen LogP contribution in [0.2, 0.25) is 0 Å². The maximum Gasteiger partial charge on any atom is 0.123 e. The molecule has 0 saturated heterocycles. The molecule has 0 amide bonds. The first-order chi connectivity index (χ1) is 8.24. The number of hydrogen-bond acceptors (Lipinski definition) is 2. The van der Waals surface area contributed by atoms with Crippen molar-refractivity contribution in [2.45, 2.75) is 44.2 Å². The molecule has 0 radical (unpaired) electrons. The van der Waals surface area contributed by atoms with Gasteiger partial charge in [0, 0.05) is 12.1 Å². The summed E-state index contributed by atoms with van der Waals surface area (Å²) in [7, 11) is 0. The minimum atomic E-state index is -0.167. The van der Waals surface area contributed by atoms with E-state index in [4.69, 9.17) is 5.73 Å². The molecule has 0 aliphatic heterocycles. The molecule has 17 heavy (non-hydrogen) atoms. The molecule has 1 aliphatic carbocycles. The van der Waals surface area contributed by atoms with Crippen LogP contribution < -0.4 is 11.1 Å². The van der Waals surface area contributed by atoms with Crippen LogP contribution in [0, 0.1) is 5.82 Å². The van der Waals surface area contributed by atoms with Crippen molar-refractivity contribution < 1.29 is 4.39 Å². The first-order valence-electron chi connectivity index (χ1n) is 6.47. The molecule has 0 heterocycles. The summed E-state index contributed by atoms with van der Waals surface area (Å²) >= 11 is 0. The molecule has 2 atom stereocenters. The average Bonchev–Trinajstić information content (AvgIpc) is 2.32. The maximum absolute atomic E-state index is 12.7. The molecule has 3 heteroatoms. The van der Waals surface area contributed by atoms with Gasteiger partial charge >= 0.3 is 0 Å². The maximum atomic E-state index is 12.7. The predicted molar refractivity (Wildman–Crippen MR) is 68.3 cm³/mol. The van der Waals surface area contributed by atoms with Crippen LogP contribution in [0.15, 0.2) is 24.3 Å². The molecule has 1 aliphatic rings. The van der Waals surface area contributed by atoms with Gasteiger partial charge in [-0.15, -0.1) is 0 Å². The fourth-order valence-electron chi connectivity index (χ4n) is 2.48. The highest BCUT2D eigenvalue weighted by Crippen LogP contribution is 2.16. The second kappa shape index (κ2) is 6.12. The largest absolute Gasteiger partial charge is 0.328 e. The molecule has 0 bridgehead atoms. The Morgan fingerprint density at radius 1 is 1.24 bits per heavy atom. The Kier molecular flexibility index (Phi) is 4.51. The molecule has 1 aromatic rings. The van der Waals surface area contributed by atoms with E-state index in [1.807, 2.05) is 12.1 Å². The van der Waals surface area contributed by atoms with Gasteiger partial charge in [-0.2, -0.15) is 0 Å². The van der Waals surface area contributed by atoms with Gasteiger partial charge in [-0.1, -0.05) is 18.6 Å². The van der Waals surface area contributed by atoms with Crippen molar-refractivity contribution in [2.75, 3.05) is 6.54 Å². The fourth-order valence-corrected chi connectivity index (χ4v) is 2.48. The monoisotopic (exact) mass is 236 g/mol.